The number of nitriles is 1. The molecule has 0 unspecified atom stereocenters. The molecular formula is C26H31NO2. The average molecular weight is 390 g/mol. The van der Waals surface area contributed by atoms with Gasteiger partial charge in [-0.2, -0.15) is 5.26 Å². The molecule has 0 aromatic heterocycles. The smallest absolute Gasteiger partial charge is 0.314 e. The first-order valence-corrected chi connectivity index (χ1v) is 11.0. The van der Waals surface area contributed by atoms with Crippen molar-refractivity contribution in [2.24, 2.45) is 5.92 Å². The van der Waals surface area contributed by atoms with E-state index in [1.165, 1.54) is 17.5 Å². The van der Waals surface area contributed by atoms with Crippen LogP contribution in [0.4, 0.5) is 0 Å². The molecule has 3 nitrogen and oxygen atoms in total. The Hall–Kier alpha value is -2.60. The zero-order valence-corrected chi connectivity index (χ0v) is 17.5. The summed E-state index contributed by atoms with van der Waals surface area (Å²) in [6, 6.07) is 16.2. The van der Waals surface area contributed by atoms with Crippen LogP contribution in [0, 0.1) is 17.2 Å². The molecule has 3 rings (SSSR count). The molecule has 0 spiro atoms. The SMILES string of the molecule is CCCCc1ccc(CCc2ccc(C#N)cc2)c(OC(=O)C2CCCCC2)c1. The van der Waals surface area contributed by atoms with Crippen molar-refractivity contribution in [1.29, 1.82) is 5.26 Å². The van der Waals surface area contributed by atoms with Crippen LogP contribution in [0.3, 0.4) is 0 Å². The maximum absolute atomic E-state index is 12.7. The molecular weight excluding hydrogens is 358 g/mol. The Bertz CT molecular complexity index is 842. The van der Waals surface area contributed by atoms with Gasteiger partial charge in [0.25, 0.3) is 0 Å². The number of hydrogen-bond donors (Lipinski definition) is 0. The molecule has 1 fully saturated rings. The minimum atomic E-state index is -0.0584. The van der Waals surface area contributed by atoms with Crippen molar-refractivity contribution in [3.05, 3.63) is 64.7 Å². The molecule has 0 aliphatic heterocycles. The van der Waals surface area contributed by atoms with Gasteiger partial charge in [0, 0.05) is 0 Å². The molecule has 2 aromatic rings. The standard InChI is InChI=1S/C26H31NO2/c1-2-3-7-21-15-17-23(16-14-20-10-12-22(19-27)13-11-20)25(18-21)29-26(28)24-8-5-4-6-9-24/h10-13,15,17-18,24H,2-9,14,16H2,1H3. The summed E-state index contributed by atoms with van der Waals surface area (Å²) in [6.45, 7) is 2.19. The number of hydrogen-bond acceptors (Lipinski definition) is 3. The zero-order chi connectivity index (χ0) is 20.5. The van der Waals surface area contributed by atoms with Crippen LogP contribution in [-0.2, 0) is 24.1 Å². The number of aryl methyl sites for hydroxylation is 3. The summed E-state index contributed by atoms with van der Waals surface area (Å²) in [5.41, 5.74) is 4.18. The molecule has 3 heteroatoms. The molecule has 0 atom stereocenters. The fourth-order valence-corrected chi connectivity index (χ4v) is 3.99. The summed E-state index contributed by atoms with van der Waals surface area (Å²) in [6.07, 6.45) is 10.4. The third-order valence-corrected chi connectivity index (χ3v) is 5.87. The van der Waals surface area contributed by atoms with Crippen molar-refractivity contribution < 1.29 is 9.53 Å². The predicted molar refractivity (Wildman–Crippen MR) is 116 cm³/mol. The van der Waals surface area contributed by atoms with Crippen molar-refractivity contribution in [3.8, 4) is 11.8 Å². The maximum Gasteiger partial charge on any atom is 0.314 e. The van der Waals surface area contributed by atoms with Gasteiger partial charge in [-0.1, -0.05) is 56.9 Å². The lowest BCUT2D eigenvalue weighted by Crippen LogP contribution is -2.23. The lowest BCUT2D eigenvalue weighted by molar-refractivity contribution is -0.140. The summed E-state index contributed by atoms with van der Waals surface area (Å²) in [5.74, 6) is 0.731. The van der Waals surface area contributed by atoms with Crippen molar-refractivity contribution in [1.82, 2.24) is 0 Å². The second-order valence-corrected chi connectivity index (χ2v) is 8.11. The van der Waals surface area contributed by atoms with Crippen LogP contribution < -0.4 is 4.74 Å². The van der Waals surface area contributed by atoms with E-state index < -0.39 is 0 Å². The lowest BCUT2D eigenvalue weighted by Gasteiger charge is -2.21. The van der Waals surface area contributed by atoms with Gasteiger partial charge in [0.15, 0.2) is 0 Å². The second-order valence-electron chi connectivity index (χ2n) is 8.11. The monoisotopic (exact) mass is 389 g/mol. The third-order valence-electron chi connectivity index (χ3n) is 5.87. The Morgan fingerprint density at radius 2 is 1.72 bits per heavy atom. The van der Waals surface area contributed by atoms with E-state index in [4.69, 9.17) is 10.00 Å². The topological polar surface area (TPSA) is 50.1 Å². The molecule has 1 aliphatic carbocycles. The van der Waals surface area contributed by atoms with Gasteiger partial charge < -0.3 is 4.74 Å². The molecule has 29 heavy (non-hydrogen) atoms. The van der Waals surface area contributed by atoms with Crippen LogP contribution in [-0.4, -0.2) is 5.97 Å². The number of unbranched alkanes of at least 4 members (excludes halogenated alkanes) is 1. The number of carbonyl (C=O) groups excluding carboxylic acids is 1. The van der Waals surface area contributed by atoms with Crippen LogP contribution in [0.25, 0.3) is 0 Å². The molecule has 0 amide bonds. The van der Waals surface area contributed by atoms with Gasteiger partial charge in [0.2, 0.25) is 0 Å². The van der Waals surface area contributed by atoms with Crippen molar-refractivity contribution in [2.75, 3.05) is 0 Å². The Balaban J connectivity index is 1.73. The summed E-state index contributed by atoms with van der Waals surface area (Å²) < 4.78 is 5.95. The summed E-state index contributed by atoms with van der Waals surface area (Å²) in [5, 5.41) is 8.95. The highest BCUT2D eigenvalue weighted by Crippen LogP contribution is 2.28. The van der Waals surface area contributed by atoms with E-state index in [0.717, 1.165) is 69.1 Å². The van der Waals surface area contributed by atoms with E-state index in [1.54, 1.807) is 0 Å². The molecule has 2 aromatic carbocycles. The Labute approximate surface area is 174 Å². The zero-order valence-electron chi connectivity index (χ0n) is 17.5. The van der Waals surface area contributed by atoms with Crippen molar-refractivity contribution in [2.45, 2.75) is 71.1 Å². The molecule has 1 saturated carbocycles. The van der Waals surface area contributed by atoms with Crippen LogP contribution in [0.15, 0.2) is 42.5 Å². The van der Waals surface area contributed by atoms with E-state index in [1.807, 2.05) is 24.3 Å². The number of benzene rings is 2. The van der Waals surface area contributed by atoms with Gasteiger partial charge in [0.1, 0.15) is 5.75 Å². The molecule has 0 N–H and O–H groups in total. The Kier molecular flexibility index (Phi) is 7.87. The third kappa shape index (κ3) is 6.19. The van der Waals surface area contributed by atoms with Crippen molar-refractivity contribution >= 4 is 5.97 Å². The summed E-state index contributed by atoms with van der Waals surface area (Å²) in [7, 11) is 0. The van der Waals surface area contributed by atoms with Crippen LogP contribution in [0.5, 0.6) is 5.75 Å². The number of ether oxygens (including phenoxy) is 1. The quantitative estimate of drug-likeness (QED) is 0.400. The average Bonchev–Trinajstić information content (AvgIpc) is 2.78. The largest absolute Gasteiger partial charge is 0.426 e. The highest BCUT2D eigenvalue weighted by molar-refractivity contribution is 5.75. The Morgan fingerprint density at radius 1 is 1.00 bits per heavy atom. The minimum Gasteiger partial charge on any atom is -0.426 e. The van der Waals surface area contributed by atoms with Crippen LogP contribution in [0.1, 0.15) is 74.1 Å². The van der Waals surface area contributed by atoms with Gasteiger partial charge in [-0.3, -0.25) is 4.79 Å². The predicted octanol–water partition coefficient (Wildman–Crippen LogP) is 6.17. The van der Waals surface area contributed by atoms with Crippen LogP contribution in [0.2, 0.25) is 0 Å². The minimum absolute atomic E-state index is 0.0504. The first kappa shape index (κ1) is 21.1. The molecule has 0 bridgehead atoms. The van der Waals surface area contributed by atoms with Gasteiger partial charge in [-0.25, -0.2) is 0 Å². The number of carbonyl (C=O) groups is 1. The molecule has 0 saturated heterocycles. The van der Waals surface area contributed by atoms with Gasteiger partial charge >= 0.3 is 5.97 Å². The fourth-order valence-electron chi connectivity index (χ4n) is 3.99. The Morgan fingerprint density at radius 3 is 2.41 bits per heavy atom. The molecule has 0 radical (unpaired) electrons. The first-order valence-electron chi connectivity index (χ1n) is 11.0. The number of nitrogens with zero attached hydrogens (tertiary/aromatic N) is 1. The first-order chi connectivity index (χ1) is 14.2. The van der Waals surface area contributed by atoms with E-state index in [0.29, 0.717) is 5.56 Å². The number of rotatable bonds is 8. The van der Waals surface area contributed by atoms with E-state index in [9.17, 15) is 4.79 Å². The number of esters is 1. The second kappa shape index (κ2) is 10.8. The molecule has 0 heterocycles. The maximum atomic E-state index is 12.7. The van der Waals surface area contributed by atoms with E-state index in [-0.39, 0.29) is 11.9 Å². The van der Waals surface area contributed by atoms with Gasteiger partial charge in [0.05, 0.1) is 17.6 Å². The highest BCUT2D eigenvalue weighted by Gasteiger charge is 2.23. The summed E-state index contributed by atoms with van der Waals surface area (Å²) in [4.78, 5) is 12.7. The summed E-state index contributed by atoms with van der Waals surface area (Å²) >= 11 is 0. The highest BCUT2D eigenvalue weighted by atomic mass is 16.5. The molecule has 152 valence electrons. The normalized spacial score (nSPS) is 14.3. The molecule has 1 aliphatic rings. The van der Waals surface area contributed by atoms with Crippen molar-refractivity contribution in [3.63, 3.8) is 0 Å². The van der Waals surface area contributed by atoms with Gasteiger partial charge in [-0.15, -0.1) is 0 Å². The fraction of sp³-hybridized carbons (Fsp3) is 0.462. The van der Waals surface area contributed by atoms with Gasteiger partial charge in [-0.05, 0) is 73.4 Å². The van der Waals surface area contributed by atoms with E-state index in [2.05, 4.69) is 31.2 Å². The van der Waals surface area contributed by atoms with E-state index >= 15 is 0 Å². The van der Waals surface area contributed by atoms with Crippen LogP contribution >= 0.6 is 0 Å². The lowest BCUT2D eigenvalue weighted by atomic mass is 9.89.